The van der Waals surface area contributed by atoms with E-state index in [1.165, 1.54) is 18.2 Å². The predicted molar refractivity (Wildman–Crippen MR) is 128 cm³/mol. The van der Waals surface area contributed by atoms with E-state index in [1.807, 2.05) is 6.07 Å². The zero-order valence-corrected chi connectivity index (χ0v) is 20.7. The summed E-state index contributed by atoms with van der Waals surface area (Å²) in [4.78, 5) is 2.59. The fourth-order valence-electron chi connectivity index (χ4n) is 4.06. The van der Waals surface area contributed by atoms with Crippen LogP contribution < -0.4 is 5.32 Å². The second-order valence-corrected chi connectivity index (χ2v) is 11.7. The number of fused-ring (bicyclic) bond motifs is 1. The molecule has 1 atom stereocenters. The Kier molecular flexibility index (Phi) is 9.54. The normalized spacial score (nSPS) is 20.1. The summed E-state index contributed by atoms with van der Waals surface area (Å²) in [5.74, 6) is -0.412. The van der Waals surface area contributed by atoms with Crippen molar-refractivity contribution in [2.75, 3.05) is 45.1 Å². The summed E-state index contributed by atoms with van der Waals surface area (Å²) >= 11 is 0. The number of nitrogens with zero attached hydrogens (tertiary/aromatic N) is 1. The zero-order chi connectivity index (χ0) is 21.2. The fraction of sp³-hybridized carbons (Fsp3) is 0.429. The largest absolute Gasteiger partial charge is 0.379 e. The van der Waals surface area contributed by atoms with Gasteiger partial charge in [-0.2, -0.15) is 0 Å². The minimum atomic E-state index is -3.82. The number of halogens is 2. The molecule has 0 aliphatic carbocycles. The summed E-state index contributed by atoms with van der Waals surface area (Å²) in [5.41, 5.74) is 1.14. The standard InChI is InChI=1S/C21H26N2O5S2.2ClH/c24-29(25)16-20(30(26,27)18-6-2-1-3-7-18)21-17(5-4-8-19(21)29)15-22-9-10-23-11-13-28-14-12-23;;/h1-8,20,22H,9-16H2;2*1H. The highest BCUT2D eigenvalue weighted by atomic mass is 35.5. The Morgan fingerprint density at radius 1 is 1.00 bits per heavy atom. The lowest BCUT2D eigenvalue weighted by Crippen LogP contribution is -2.40. The van der Waals surface area contributed by atoms with Gasteiger partial charge >= 0.3 is 0 Å². The first kappa shape index (κ1) is 27.0. The molecule has 4 rings (SSSR count). The maximum absolute atomic E-state index is 13.3. The van der Waals surface area contributed by atoms with E-state index in [1.54, 1.807) is 24.3 Å². The van der Waals surface area contributed by atoms with Crippen LogP contribution in [0.4, 0.5) is 0 Å². The van der Waals surface area contributed by atoms with E-state index in [-0.39, 0.29) is 34.6 Å². The van der Waals surface area contributed by atoms with Gasteiger partial charge in [-0.15, -0.1) is 24.8 Å². The molecule has 1 saturated heterocycles. The lowest BCUT2D eigenvalue weighted by molar-refractivity contribution is 0.0384. The number of ether oxygens (including phenoxy) is 1. The molecule has 0 saturated carbocycles. The molecule has 1 fully saturated rings. The molecular formula is C21H28Cl2N2O5S2. The molecule has 0 bridgehead atoms. The molecular weight excluding hydrogens is 495 g/mol. The third-order valence-electron chi connectivity index (χ3n) is 5.65. The van der Waals surface area contributed by atoms with Crippen LogP contribution in [0.5, 0.6) is 0 Å². The van der Waals surface area contributed by atoms with Crippen molar-refractivity contribution in [2.24, 2.45) is 0 Å². The van der Waals surface area contributed by atoms with Crippen LogP contribution in [-0.2, 0) is 31.0 Å². The number of benzene rings is 2. The SMILES string of the molecule is Cl.Cl.O=S1(=O)CC(S(=O)(=O)c2ccccc2)c2c(CNCCN3CCOCC3)cccc21. The Labute approximate surface area is 202 Å². The molecule has 2 aromatic carbocycles. The summed E-state index contributed by atoms with van der Waals surface area (Å²) in [5, 5.41) is 2.26. The van der Waals surface area contributed by atoms with Gasteiger partial charge in [0.15, 0.2) is 19.7 Å². The van der Waals surface area contributed by atoms with E-state index in [0.29, 0.717) is 12.1 Å². The number of hydrogen-bond donors (Lipinski definition) is 1. The van der Waals surface area contributed by atoms with Crippen molar-refractivity contribution in [3.05, 3.63) is 59.7 Å². The van der Waals surface area contributed by atoms with Crippen molar-refractivity contribution < 1.29 is 21.6 Å². The molecule has 2 aliphatic heterocycles. The third-order valence-corrected chi connectivity index (χ3v) is 9.74. The van der Waals surface area contributed by atoms with Gasteiger partial charge in [0.1, 0.15) is 5.25 Å². The van der Waals surface area contributed by atoms with Gasteiger partial charge in [0.25, 0.3) is 0 Å². The Morgan fingerprint density at radius 3 is 2.38 bits per heavy atom. The predicted octanol–water partition coefficient (Wildman–Crippen LogP) is 2.25. The van der Waals surface area contributed by atoms with Crippen molar-refractivity contribution in [1.29, 1.82) is 0 Å². The van der Waals surface area contributed by atoms with Crippen LogP contribution >= 0.6 is 24.8 Å². The van der Waals surface area contributed by atoms with Crippen molar-refractivity contribution in [1.82, 2.24) is 10.2 Å². The zero-order valence-electron chi connectivity index (χ0n) is 17.5. The van der Waals surface area contributed by atoms with Gasteiger partial charge in [-0.1, -0.05) is 30.3 Å². The Bertz CT molecular complexity index is 1110. The van der Waals surface area contributed by atoms with Gasteiger partial charge in [-0.05, 0) is 29.3 Å². The van der Waals surface area contributed by atoms with E-state index < -0.39 is 30.7 Å². The van der Waals surface area contributed by atoms with Crippen LogP contribution in [0.1, 0.15) is 16.4 Å². The second kappa shape index (κ2) is 11.3. The van der Waals surface area contributed by atoms with Gasteiger partial charge in [0.2, 0.25) is 0 Å². The number of rotatable bonds is 7. The van der Waals surface area contributed by atoms with Crippen LogP contribution in [0, 0.1) is 0 Å². The maximum atomic E-state index is 13.3. The van der Waals surface area contributed by atoms with Crippen LogP contribution in [0.2, 0.25) is 0 Å². The number of hydrogen-bond acceptors (Lipinski definition) is 7. The molecule has 178 valence electrons. The first-order valence-electron chi connectivity index (χ1n) is 10.0. The summed E-state index contributed by atoms with van der Waals surface area (Å²) in [6, 6.07) is 13.1. The molecule has 0 aromatic heterocycles. The Balaban J connectivity index is 0.00000181. The minimum Gasteiger partial charge on any atom is -0.379 e. The number of sulfone groups is 2. The number of nitrogens with one attached hydrogen (secondary N) is 1. The summed E-state index contributed by atoms with van der Waals surface area (Å²) in [7, 11) is -7.47. The van der Waals surface area contributed by atoms with Crippen LogP contribution in [-0.4, -0.2) is 66.9 Å². The molecule has 0 spiro atoms. The summed E-state index contributed by atoms with van der Waals surface area (Å²) in [6.07, 6.45) is 0. The molecule has 2 heterocycles. The highest BCUT2D eigenvalue weighted by molar-refractivity contribution is 7.96. The van der Waals surface area contributed by atoms with Crippen molar-refractivity contribution in [3.8, 4) is 0 Å². The molecule has 2 aliphatic rings. The number of morpholine rings is 1. The van der Waals surface area contributed by atoms with Gasteiger partial charge in [0, 0.05) is 32.7 Å². The molecule has 11 heteroatoms. The maximum Gasteiger partial charge on any atom is 0.186 e. The average Bonchev–Trinajstić information content (AvgIpc) is 3.05. The lowest BCUT2D eigenvalue weighted by Gasteiger charge is -2.26. The monoisotopic (exact) mass is 522 g/mol. The van der Waals surface area contributed by atoms with Crippen molar-refractivity contribution in [3.63, 3.8) is 0 Å². The van der Waals surface area contributed by atoms with E-state index in [4.69, 9.17) is 4.74 Å². The molecule has 0 amide bonds. The summed E-state index contributed by atoms with van der Waals surface area (Å²) < 4.78 is 57.3. The Hall–Kier alpha value is -1.20. The van der Waals surface area contributed by atoms with Gasteiger partial charge in [0.05, 0.1) is 28.8 Å². The molecule has 2 aromatic rings. The van der Waals surface area contributed by atoms with Crippen LogP contribution in [0.25, 0.3) is 0 Å². The first-order chi connectivity index (χ1) is 14.4. The van der Waals surface area contributed by atoms with Crippen molar-refractivity contribution in [2.45, 2.75) is 21.6 Å². The smallest absolute Gasteiger partial charge is 0.186 e. The topological polar surface area (TPSA) is 92.8 Å². The van der Waals surface area contributed by atoms with Gasteiger partial charge in [-0.3, -0.25) is 4.90 Å². The quantitative estimate of drug-likeness (QED) is 0.557. The third kappa shape index (κ3) is 5.64. The van der Waals surface area contributed by atoms with Gasteiger partial charge < -0.3 is 10.1 Å². The van der Waals surface area contributed by atoms with Gasteiger partial charge in [-0.25, -0.2) is 16.8 Å². The van der Waals surface area contributed by atoms with E-state index >= 15 is 0 Å². The van der Waals surface area contributed by atoms with E-state index in [2.05, 4.69) is 10.2 Å². The summed E-state index contributed by atoms with van der Waals surface area (Å²) in [6.45, 7) is 5.29. The van der Waals surface area contributed by atoms with Crippen LogP contribution in [0.15, 0.2) is 58.3 Å². The highest BCUT2D eigenvalue weighted by Crippen LogP contribution is 2.42. The second-order valence-electron chi connectivity index (χ2n) is 7.59. The molecule has 1 N–H and O–H groups in total. The first-order valence-corrected chi connectivity index (χ1v) is 13.2. The highest BCUT2D eigenvalue weighted by Gasteiger charge is 2.44. The molecule has 0 radical (unpaired) electrons. The minimum absolute atomic E-state index is 0. The molecule has 1 unspecified atom stereocenters. The van der Waals surface area contributed by atoms with Crippen LogP contribution in [0.3, 0.4) is 0 Å². The molecule has 32 heavy (non-hydrogen) atoms. The fourth-order valence-corrected chi connectivity index (χ4v) is 8.48. The molecule has 7 nitrogen and oxygen atoms in total. The van der Waals surface area contributed by atoms with E-state index in [9.17, 15) is 16.8 Å². The van der Waals surface area contributed by atoms with E-state index in [0.717, 1.165) is 45.0 Å². The average molecular weight is 524 g/mol. The lowest BCUT2D eigenvalue weighted by atomic mass is 10.1. The Morgan fingerprint density at radius 2 is 1.69 bits per heavy atom. The van der Waals surface area contributed by atoms with Crippen molar-refractivity contribution >= 4 is 44.5 Å².